The first-order chi connectivity index (χ1) is 8.58. The Kier molecular flexibility index (Phi) is 4.09. The molecule has 18 heavy (non-hydrogen) atoms. The number of nitrogen functional groups attached to an aromatic ring is 1. The molecule has 0 radical (unpaired) electrons. The van der Waals surface area contributed by atoms with Gasteiger partial charge in [-0.05, 0) is 46.3 Å². The number of hydrogen-bond acceptors (Lipinski definition) is 2. The van der Waals surface area contributed by atoms with Crippen LogP contribution in [0.5, 0.6) is 5.75 Å². The summed E-state index contributed by atoms with van der Waals surface area (Å²) in [5, 5.41) is 0.460. The van der Waals surface area contributed by atoms with E-state index >= 15 is 0 Å². The molecule has 0 fully saturated rings. The average Bonchev–Trinajstić information content (AvgIpc) is 2.33. The van der Waals surface area contributed by atoms with Crippen LogP contribution in [0.25, 0.3) is 0 Å². The lowest BCUT2D eigenvalue weighted by molar-refractivity contribution is 0.305. The van der Waals surface area contributed by atoms with Crippen molar-refractivity contribution in [2.24, 2.45) is 0 Å². The first-order valence-electron chi connectivity index (χ1n) is 5.18. The Morgan fingerprint density at radius 3 is 2.78 bits per heavy atom. The minimum absolute atomic E-state index is 0.156. The second-order valence-corrected chi connectivity index (χ2v) is 4.94. The molecule has 0 aliphatic carbocycles. The summed E-state index contributed by atoms with van der Waals surface area (Å²) in [6.45, 7) is 0.156. The minimum atomic E-state index is -0.349. The lowest BCUT2D eigenvalue weighted by atomic mass is 10.2. The van der Waals surface area contributed by atoms with E-state index in [-0.39, 0.29) is 12.4 Å². The summed E-state index contributed by atoms with van der Waals surface area (Å²) in [6, 6.07) is 9.50. The van der Waals surface area contributed by atoms with Crippen molar-refractivity contribution in [1.82, 2.24) is 0 Å². The topological polar surface area (TPSA) is 35.2 Å². The Morgan fingerprint density at radius 1 is 1.28 bits per heavy atom. The van der Waals surface area contributed by atoms with Gasteiger partial charge in [-0.2, -0.15) is 0 Å². The summed E-state index contributed by atoms with van der Waals surface area (Å²) >= 11 is 9.29. The van der Waals surface area contributed by atoms with Gasteiger partial charge < -0.3 is 10.5 Å². The molecule has 2 rings (SSSR count). The summed E-state index contributed by atoms with van der Waals surface area (Å²) < 4.78 is 19.4. The highest BCUT2D eigenvalue weighted by molar-refractivity contribution is 9.10. The van der Waals surface area contributed by atoms with Gasteiger partial charge in [0.25, 0.3) is 0 Å². The molecule has 2 aromatic carbocycles. The largest absolute Gasteiger partial charge is 0.485 e. The van der Waals surface area contributed by atoms with E-state index in [0.29, 0.717) is 22.0 Å². The van der Waals surface area contributed by atoms with Gasteiger partial charge >= 0.3 is 0 Å². The van der Waals surface area contributed by atoms with Crippen molar-refractivity contribution >= 4 is 33.2 Å². The highest BCUT2D eigenvalue weighted by Crippen LogP contribution is 2.32. The van der Waals surface area contributed by atoms with Crippen molar-refractivity contribution in [2.45, 2.75) is 6.61 Å². The molecule has 0 aliphatic heterocycles. The predicted molar refractivity (Wildman–Crippen MR) is 74.3 cm³/mol. The number of benzene rings is 2. The van der Waals surface area contributed by atoms with E-state index in [1.54, 1.807) is 12.1 Å². The standard InChI is InChI=1S/C13H10BrClFNO/c14-10-2-1-3-12(17)13(10)18-7-8-6-9(16)4-5-11(8)15/h1-6H,7,17H2. The first-order valence-corrected chi connectivity index (χ1v) is 6.35. The maximum Gasteiger partial charge on any atom is 0.156 e. The Morgan fingerprint density at radius 2 is 2.06 bits per heavy atom. The average molecular weight is 331 g/mol. The number of hydrogen-bond donors (Lipinski definition) is 1. The third-order valence-corrected chi connectivity index (χ3v) is 3.37. The van der Waals surface area contributed by atoms with Gasteiger partial charge in [0.2, 0.25) is 0 Å². The summed E-state index contributed by atoms with van der Waals surface area (Å²) in [7, 11) is 0. The molecule has 0 spiro atoms. The fraction of sp³-hybridized carbons (Fsp3) is 0.0769. The van der Waals surface area contributed by atoms with E-state index in [4.69, 9.17) is 22.1 Å². The normalized spacial score (nSPS) is 10.4. The van der Waals surface area contributed by atoms with Gasteiger partial charge in [0.15, 0.2) is 5.75 Å². The van der Waals surface area contributed by atoms with Crippen LogP contribution in [0.4, 0.5) is 10.1 Å². The molecule has 94 valence electrons. The maximum absolute atomic E-state index is 13.1. The Bertz CT molecular complexity index is 557. The quantitative estimate of drug-likeness (QED) is 0.846. The van der Waals surface area contributed by atoms with E-state index in [1.807, 2.05) is 6.07 Å². The Labute approximate surface area is 118 Å². The molecule has 2 nitrogen and oxygen atoms in total. The molecule has 2 aromatic rings. The lowest BCUT2D eigenvalue weighted by Crippen LogP contribution is -2.00. The lowest BCUT2D eigenvalue weighted by Gasteiger charge is -2.11. The van der Waals surface area contributed by atoms with Crippen LogP contribution in [-0.4, -0.2) is 0 Å². The number of para-hydroxylation sites is 1. The van der Waals surface area contributed by atoms with E-state index < -0.39 is 0 Å². The molecule has 2 N–H and O–H groups in total. The zero-order valence-electron chi connectivity index (χ0n) is 9.29. The number of ether oxygens (including phenoxy) is 1. The van der Waals surface area contributed by atoms with Crippen LogP contribution in [0.2, 0.25) is 5.02 Å². The number of anilines is 1. The second kappa shape index (κ2) is 5.59. The van der Waals surface area contributed by atoms with E-state index in [9.17, 15) is 4.39 Å². The summed E-state index contributed by atoms with van der Waals surface area (Å²) in [5.74, 6) is 0.177. The van der Waals surface area contributed by atoms with E-state index in [1.165, 1.54) is 18.2 Å². The second-order valence-electron chi connectivity index (χ2n) is 3.68. The molecule has 0 unspecified atom stereocenters. The fourth-order valence-electron chi connectivity index (χ4n) is 1.48. The van der Waals surface area contributed by atoms with E-state index in [2.05, 4.69) is 15.9 Å². The van der Waals surface area contributed by atoms with Gasteiger partial charge in [0.1, 0.15) is 12.4 Å². The van der Waals surface area contributed by atoms with Gasteiger partial charge in [-0.1, -0.05) is 17.7 Å². The predicted octanol–water partition coefficient (Wildman–Crippen LogP) is 4.40. The summed E-state index contributed by atoms with van der Waals surface area (Å²) in [4.78, 5) is 0. The van der Waals surface area contributed by atoms with Gasteiger partial charge in [0.05, 0.1) is 10.2 Å². The number of nitrogens with two attached hydrogens (primary N) is 1. The van der Waals surface area contributed by atoms with Crippen molar-refractivity contribution in [3.05, 3.63) is 57.3 Å². The monoisotopic (exact) mass is 329 g/mol. The van der Waals surface area contributed by atoms with Crippen molar-refractivity contribution < 1.29 is 9.13 Å². The van der Waals surface area contributed by atoms with Gasteiger partial charge in [-0.3, -0.25) is 0 Å². The SMILES string of the molecule is Nc1cccc(Br)c1OCc1cc(F)ccc1Cl. The van der Waals surface area contributed by atoms with Crippen LogP contribution in [0.15, 0.2) is 40.9 Å². The third kappa shape index (κ3) is 2.94. The molecule has 0 atom stereocenters. The van der Waals surface area contributed by atoms with Crippen LogP contribution >= 0.6 is 27.5 Å². The van der Waals surface area contributed by atoms with Crippen molar-refractivity contribution in [3.8, 4) is 5.75 Å². The van der Waals surface area contributed by atoms with Crippen LogP contribution in [-0.2, 0) is 6.61 Å². The molecule has 0 aromatic heterocycles. The highest BCUT2D eigenvalue weighted by Gasteiger charge is 2.08. The summed E-state index contributed by atoms with van der Waals surface area (Å²) in [6.07, 6.45) is 0. The molecule has 0 saturated carbocycles. The molecular formula is C13H10BrClFNO. The Balaban J connectivity index is 2.19. The van der Waals surface area contributed by atoms with Crippen molar-refractivity contribution in [3.63, 3.8) is 0 Å². The van der Waals surface area contributed by atoms with Gasteiger partial charge in [-0.15, -0.1) is 0 Å². The van der Waals surface area contributed by atoms with Crippen LogP contribution in [0.1, 0.15) is 5.56 Å². The highest BCUT2D eigenvalue weighted by atomic mass is 79.9. The molecular weight excluding hydrogens is 321 g/mol. The smallest absolute Gasteiger partial charge is 0.156 e. The van der Waals surface area contributed by atoms with Crippen LogP contribution in [0.3, 0.4) is 0 Å². The molecule has 0 amide bonds. The van der Waals surface area contributed by atoms with Gasteiger partial charge in [0, 0.05) is 10.6 Å². The molecule has 0 aliphatic rings. The number of halogens is 3. The number of rotatable bonds is 3. The zero-order valence-corrected chi connectivity index (χ0v) is 11.6. The van der Waals surface area contributed by atoms with Gasteiger partial charge in [-0.25, -0.2) is 4.39 Å². The molecule has 0 saturated heterocycles. The first kappa shape index (κ1) is 13.2. The zero-order chi connectivity index (χ0) is 13.1. The maximum atomic E-state index is 13.1. The van der Waals surface area contributed by atoms with Crippen LogP contribution < -0.4 is 10.5 Å². The van der Waals surface area contributed by atoms with Crippen molar-refractivity contribution in [2.75, 3.05) is 5.73 Å². The minimum Gasteiger partial charge on any atom is -0.485 e. The Hall–Kier alpha value is -1.26. The molecule has 0 bridgehead atoms. The third-order valence-electron chi connectivity index (χ3n) is 2.38. The van der Waals surface area contributed by atoms with Crippen molar-refractivity contribution in [1.29, 1.82) is 0 Å². The molecule has 0 heterocycles. The van der Waals surface area contributed by atoms with Crippen LogP contribution in [0, 0.1) is 5.82 Å². The van der Waals surface area contributed by atoms with E-state index in [0.717, 1.165) is 4.47 Å². The fourth-order valence-corrected chi connectivity index (χ4v) is 2.15. The molecule has 5 heteroatoms. The summed E-state index contributed by atoms with van der Waals surface area (Å²) in [5.41, 5.74) is 6.88.